The van der Waals surface area contributed by atoms with Gasteiger partial charge < -0.3 is 5.11 Å². The SMILES string of the molecule is Cc1cc(S(C)(=O)=O)cc(C2(C(=O)O)CCCC2)c1C. The van der Waals surface area contributed by atoms with Crippen molar-refractivity contribution < 1.29 is 18.3 Å². The van der Waals surface area contributed by atoms with E-state index in [0.29, 0.717) is 18.4 Å². The summed E-state index contributed by atoms with van der Waals surface area (Å²) in [5.41, 5.74) is 1.47. The molecule has 0 spiro atoms. The normalized spacial score (nSPS) is 18.1. The lowest BCUT2D eigenvalue weighted by Gasteiger charge is -2.27. The number of carbonyl (C=O) groups is 1. The third-order valence-electron chi connectivity index (χ3n) is 4.45. The van der Waals surface area contributed by atoms with Crippen molar-refractivity contribution in [2.24, 2.45) is 0 Å². The Morgan fingerprint density at radius 3 is 2.20 bits per heavy atom. The summed E-state index contributed by atoms with van der Waals surface area (Å²) in [5.74, 6) is -0.844. The highest BCUT2D eigenvalue weighted by Crippen LogP contribution is 2.44. The molecule has 0 amide bonds. The van der Waals surface area contributed by atoms with E-state index in [1.165, 1.54) is 0 Å². The van der Waals surface area contributed by atoms with Crippen molar-refractivity contribution in [1.82, 2.24) is 0 Å². The number of rotatable bonds is 3. The molecule has 0 aliphatic heterocycles. The van der Waals surface area contributed by atoms with Crippen LogP contribution in [0, 0.1) is 13.8 Å². The lowest BCUT2D eigenvalue weighted by molar-refractivity contribution is -0.143. The van der Waals surface area contributed by atoms with E-state index in [1.807, 2.05) is 13.8 Å². The zero-order chi connectivity index (χ0) is 15.1. The van der Waals surface area contributed by atoms with Gasteiger partial charge in [0.25, 0.3) is 0 Å². The van der Waals surface area contributed by atoms with Crippen LogP contribution in [0.1, 0.15) is 42.4 Å². The number of aryl methyl sites for hydroxylation is 1. The minimum Gasteiger partial charge on any atom is -0.481 e. The maximum Gasteiger partial charge on any atom is 0.314 e. The molecule has 5 heteroatoms. The van der Waals surface area contributed by atoms with Gasteiger partial charge in [-0.1, -0.05) is 12.8 Å². The lowest BCUT2D eigenvalue weighted by Crippen LogP contribution is -2.33. The first-order chi connectivity index (χ1) is 9.18. The number of hydrogen-bond acceptors (Lipinski definition) is 3. The van der Waals surface area contributed by atoms with Crippen LogP contribution in [0.4, 0.5) is 0 Å². The van der Waals surface area contributed by atoms with Gasteiger partial charge in [-0.3, -0.25) is 4.79 Å². The van der Waals surface area contributed by atoms with E-state index in [-0.39, 0.29) is 4.90 Å². The van der Waals surface area contributed by atoms with Gasteiger partial charge in [0.05, 0.1) is 10.3 Å². The summed E-state index contributed by atoms with van der Waals surface area (Å²) in [6.45, 7) is 3.71. The fraction of sp³-hybridized carbons (Fsp3) is 0.533. The molecule has 0 radical (unpaired) electrons. The van der Waals surface area contributed by atoms with Crippen LogP contribution in [-0.4, -0.2) is 25.7 Å². The predicted octanol–water partition coefficient (Wildman–Crippen LogP) is 2.60. The highest BCUT2D eigenvalue weighted by atomic mass is 32.2. The van der Waals surface area contributed by atoms with Gasteiger partial charge in [-0.25, -0.2) is 8.42 Å². The number of carboxylic acids is 1. The van der Waals surface area contributed by atoms with Gasteiger partial charge >= 0.3 is 5.97 Å². The fourth-order valence-electron chi connectivity index (χ4n) is 3.11. The predicted molar refractivity (Wildman–Crippen MR) is 76.8 cm³/mol. The summed E-state index contributed by atoms with van der Waals surface area (Å²) in [7, 11) is -3.34. The average molecular weight is 296 g/mol. The molecule has 0 bridgehead atoms. The molecular weight excluding hydrogens is 276 g/mol. The topological polar surface area (TPSA) is 71.4 Å². The van der Waals surface area contributed by atoms with E-state index in [9.17, 15) is 18.3 Å². The van der Waals surface area contributed by atoms with Crippen LogP contribution in [-0.2, 0) is 20.0 Å². The summed E-state index contributed by atoms with van der Waals surface area (Å²) >= 11 is 0. The maximum atomic E-state index is 11.8. The summed E-state index contributed by atoms with van der Waals surface area (Å²) < 4.78 is 23.6. The van der Waals surface area contributed by atoms with E-state index in [1.54, 1.807) is 12.1 Å². The number of hydrogen-bond donors (Lipinski definition) is 1. The molecule has 20 heavy (non-hydrogen) atoms. The fourth-order valence-corrected chi connectivity index (χ4v) is 3.84. The third kappa shape index (κ3) is 2.35. The first kappa shape index (κ1) is 15.0. The quantitative estimate of drug-likeness (QED) is 0.930. The van der Waals surface area contributed by atoms with Crippen LogP contribution in [0.2, 0.25) is 0 Å². The highest BCUT2D eigenvalue weighted by molar-refractivity contribution is 7.90. The zero-order valence-corrected chi connectivity index (χ0v) is 12.9. The highest BCUT2D eigenvalue weighted by Gasteiger charge is 2.44. The van der Waals surface area contributed by atoms with Crippen LogP contribution >= 0.6 is 0 Å². The number of aliphatic carboxylic acids is 1. The van der Waals surface area contributed by atoms with Crippen molar-refractivity contribution in [2.45, 2.75) is 49.8 Å². The van der Waals surface area contributed by atoms with Crippen LogP contribution in [0.3, 0.4) is 0 Å². The molecule has 1 aliphatic carbocycles. The molecular formula is C15H20O4S. The smallest absolute Gasteiger partial charge is 0.314 e. The monoisotopic (exact) mass is 296 g/mol. The molecule has 1 aromatic rings. The Kier molecular flexibility index (Phi) is 3.67. The number of benzene rings is 1. The van der Waals surface area contributed by atoms with Crippen LogP contribution < -0.4 is 0 Å². The minimum atomic E-state index is -3.34. The van der Waals surface area contributed by atoms with Gasteiger partial charge in [-0.15, -0.1) is 0 Å². The molecule has 0 unspecified atom stereocenters. The van der Waals surface area contributed by atoms with Crippen molar-refractivity contribution in [3.8, 4) is 0 Å². The van der Waals surface area contributed by atoms with Gasteiger partial charge in [0.15, 0.2) is 9.84 Å². The Labute approximate surface area is 119 Å². The Balaban J connectivity index is 2.73. The van der Waals surface area contributed by atoms with E-state index in [4.69, 9.17) is 0 Å². The molecule has 1 aliphatic rings. The van der Waals surface area contributed by atoms with E-state index in [0.717, 1.165) is 30.2 Å². The second-order valence-electron chi connectivity index (χ2n) is 5.78. The lowest BCUT2D eigenvalue weighted by atomic mass is 9.76. The van der Waals surface area contributed by atoms with Crippen molar-refractivity contribution in [1.29, 1.82) is 0 Å². The molecule has 1 aromatic carbocycles. The van der Waals surface area contributed by atoms with Crippen LogP contribution in [0.5, 0.6) is 0 Å². The molecule has 0 aromatic heterocycles. The summed E-state index contributed by atoms with van der Waals surface area (Å²) in [6, 6.07) is 3.19. The number of sulfone groups is 1. The first-order valence-corrected chi connectivity index (χ1v) is 8.63. The Morgan fingerprint density at radius 1 is 1.20 bits per heavy atom. The van der Waals surface area contributed by atoms with E-state index < -0.39 is 21.2 Å². The molecule has 1 fully saturated rings. The number of carboxylic acid groups (broad SMARTS) is 1. The third-order valence-corrected chi connectivity index (χ3v) is 5.54. The maximum absolute atomic E-state index is 11.8. The van der Waals surface area contributed by atoms with Crippen molar-refractivity contribution in [2.75, 3.05) is 6.26 Å². The molecule has 0 heterocycles. The van der Waals surface area contributed by atoms with Gasteiger partial charge in [0, 0.05) is 6.26 Å². The Hall–Kier alpha value is -1.36. The van der Waals surface area contributed by atoms with Gasteiger partial charge in [0.2, 0.25) is 0 Å². The molecule has 4 nitrogen and oxygen atoms in total. The summed E-state index contributed by atoms with van der Waals surface area (Å²) in [5, 5.41) is 9.68. The molecule has 1 N–H and O–H groups in total. The second-order valence-corrected chi connectivity index (χ2v) is 7.79. The Bertz CT molecular complexity index is 653. The van der Waals surface area contributed by atoms with Gasteiger partial charge in [0.1, 0.15) is 0 Å². The van der Waals surface area contributed by atoms with Crippen molar-refractivity contribution in [3.05, 3.63) is 28.8 Å². The van der Waals surface area contributed by atoms with Crippen molar-refractivity contribution >= 4 is 15.8 Å². The van der Waals surface area contributed by atoms with Crippen LogP contribution in [0.15, 0.2) is 17.0 Å². The van der Waals surface area contributed by atoms with Gasteiger partial charge in [-0.05, 0) is 55.5 Å². The standard InChI is InChI=1S/C15H20O4S/c1-10-8-12(20(3,18)19)9-13(11(10)2)15(14(16)17)6-4-5-7-15/h8-9H,4-7H2,1-3H3,(H,16,17). The zero-order valence-electron chi connectivity index (χ0n) is 12.1. The second kappa shape index (κ2) is 4.88. The molecule has 0 atom stereocenters. The van der Waals surface area contributed by atoms with E-state index in [2.05, 4.69) is 0 Å². The molecule has 1 saturated carbocycles. The average Bonchev–Trinajstić information content (AvgIpc) is 2.81. The van der Waals surface area contributed by atoms with Crippen LogP contribution in [0.25, 0.3) is 0 Å². The molecule has 2 rings (SSSR count). The molecule has 110 valence electrons. The van der Waals surface area contributed by atoms with Gasteiger partial charge in [-0.2, -0.15) is 0 Å². The molecule has 0 saturated heterocycles. The van der Waals surface area contributed by atoms with E-state index >= 15 is 0 Å². The Morgan fingerprint density at radius 2 is 1.75 bits per heavy atom. The summed E-state index contributed by atoms with van der Waals surface area (Å²) in [6.07, 6.45) is 4.05. The minimum absolute atomic E-state index is 0.211. The summed E-state index contributed by atoms with van der Waals surface area (Å²) in [4.78, 5) is 12.0. The largest absolute Gasteiger partial charge is 0.481 e. The van der Waals surface area contributed by atoms with Crippen molar-refractivity contribution in [3.63, 3.8) is 0 Å². The first-order valence-electron chi connectivity index (χ1n) is 6.74.